The van der Waals surface area contributed by atoms with E-state index >= 15 is 0 Å². The van der Waals surface area contributed by atoms with Crippen molar-refractivity contribution in [3.8, 4) is 0 Å². The molecule has 0 saturated carbocycles. The van der Waals surface area contributed by atoms with Crippen molar-refractivity contribution in [2.24, 2.45) is 0 Å². The minimum absolute atomic E-state index is 0.191. The van der Waals surface area contributed by atoms with E-state index in [-0.39, 0.29) is 6.61 Å². The van der Waals surface area contributed by atoms with Gasteiger partial charge in [0.05, 0.1) is 19.3 Å². The molecule has 0 aromatic rings. The van der Waals surface area contributed by atoms with Crippen LogP contribution < -0.4 is 5.32 Å². The molecule has 0 unspecified atom stereocenters. The molecule has 13 heavy (non-hydrogen) atoms. The second-order valence-corrected chi connectivity index (χ2v) is 3.01. The van der Waals surface area contributed by atoms with Gasteiger partial charge in [-0.1, -0.05) is 13.3 Å². The highest BCUT2D eigenvalue weighted by Crippen LogP contribution is 1.86. The van der Waals surface area contributed by atoms with Crippen LogP contribution in [0.15, 0.2) is 0 Å². The monoisotopic (exact) mass is 191 g/mol. The van der Waals surface area contributed by atoms with Crippen LogP contribution >= 0.6 is 0 Å². The molecule has 4 nitrogen and oxygen atoms in total. The van der Waals surface area contributed by atoms with Crippen LogP contribution in [0.1, 0.15) is 19.8 Å². The van der Waals surface area contributed by atoms with Gasteiger partial charge in [-0.15, -0.1) is 0 Å². The topological polar surface area (TPSA) is 61.7 Å². The molecule has 0 saturated heterocycles. The van der Waals surface area contributed by atoms with Gasteiger partial charge in [0.2, 0.25) is 0 Å². The number of unbranched alkanes of at least 4 members (excludes halogenated alkanes) is 1. The fraction of sp³-hybridized carbons (Fsp3) is 1.00. The molecule has 1 atom stereocenters. The average Bonchev–Trinajstić information content (AvgIpc) is 2.16. The van der Waals surface area contributed by atoms with E-state index < -0.39 is 6.10 Å². The molecule has 0 rings (SSSR count). The summed E-state index contributed by atoms with van der Waals surface area (Å²) in [6, 6.07) is 0. The molecule has 0 aliphatic rings. The first-order chi connectivity index (χ1) is 6.31. The lowest BCUT2D eigenvalue weighted by atomic mass is 10.4. The number of rotatable bonds is 9. The van der Waals surface area contributed by atoms with Gasteiger partial charge in [-0.2, -0.15) is 0 Å². The van der Waals surface area contributed by atoms with Crippen LogP contribution in [0, 0.1) is 0 Å². The molecular formula is C9H21NO3. The summed E-state index contributed by atoms with van der Waals surface area (Å²) in [5.74, 6) is 0. The highest BCUT2D eigenvalue weighted by atomic mass is 16.5. The normalized spacial score (nSPS) is 13.2. The molecule has 0 aromatic heterocycles. The van der Waals surface area contributed by atoms with Gasteiger partial charge in [0.1, 0.15) is 0 Å². The fourth-order valence-corrected chi connectivity index (χ4v) is 0.826. The first-order valence-corrected chi connectivity index (χ1v) is 4.88. The van der Waals surface area contributed by atoms with Gasteiger partial charge in [-0.25, -0.2) is 0 Å². The van der Waals surface area contributed by atoms with Crippen molar-refractivity contribution in [3.63, 3.8) is 0 Å². The van der Waals surface area contributed by atoms with Crippen LogP contribution in [0.5, 0.6) is 0 Å². The summed E-state index contributed by atoms with van der Waals surface area (Å²) in [5, 5.41) is 20.4. The third kappa shape index (κ3) is 9.76. The van der Waals surface area contributed by atoms with Crippen molar-refractivity contribution in [1.29, 1.82) is 0 Å². The Balaban J connectivity index is 2.91. The maximum Gasteiger partial charge on any atom is 0.0894 e. The lowest BCUT2D eigenvalue weighted by molar-refractivity contribution is 0.0886. The molecular weight excluding hydrogens is 170 g/mol. The Kier molecular flexibility index (Phi) is 9.80. The Morgan fingerprint density at radius 3 is 2.77 bits per heavy atom. The van der Waals surface area contributed by atoms with Gasteiger partial charge < -0.3 is 20.3 Å². The standard InChI is InChI=1S/C9H21NO3/c1-2-3-5-13-6-4-10-7-9(12)8-11/h9-12H,2-8H2,1H3/t9-/m0/s1. The number of aliphatic hydroxyl groups is 2. The number of hydrogen-bond donors (Lipinski definition) is 3. The first-order valence-electron chi connectivity index (χ1n) is 4.88. The summed E-state index contributed by atoms with van der Waals surface area (Å²) >= 11 is 0. The maximum atomic E-state index is 8.95. The Bertz CT molecular complexity index is 101. The molecule has 3 N–H and O–H groups in total. The number of aliphatic hydroxyl groups excluding tert-OH is 2. The molecule has 0 aliphatic heterocycles. The van der Waals surface area contributed by atoms with Gasteiger partial charge in [0.15, 0.2) is 0 Å². The van der Waals surface area contributed by atoms with E-state index in [9.17, 15) is 0 Å². The predicted molar refractivity (Wildman–Crippen MR) is 51.7 cm³/mol. The minimum Gasteiger partial charge on any atom is -0.394 e. The molecule has 0 radical (unpaired) electrons. The maximum absolute atomic E-state index is 8.95. The van der Waals surface area contributed by atoms with Crippen molar-refractivity contribution in [3.05, 3.63) is 0 Å². The third-order valence-corrected chi connectivity index (χ3v) is 1.66. The first kappa shape index (κ1) is 12.8. The van der Waals surface area contributed by atoms with E-state index in [2.05, 4.69) is 12.2 Å². The Morgan fingerprint density at radius 1 is 1.38 bits per heavy atom. The number of nitrogens with one attached hydrogen (secondary N) is 1. The van der Waals surface area contributed by atoms with E-state index in [1.54, 1.807) is 0 Å². The van der Waals surface area contributed by atoms with Gasteiger partial charge >= 0.3 is 0 Å². The summed E-state index contributed by atoms with van der Waals surface area (Å²) in [6.45, 7) is 4.55. The molecule has 0 heterocycles. The minimum atomic E-state index is -0.657. The highest BCUT2D eigenvalue weighted by molar-refractivity contribution is 4.56. The molecule has 80 valence electrons. The van der Waals surface area contributed by atoms with Gasteiger partial charge in [0, 0.05) is 19.7 Å². The largest absolute Gasteiger partial charge is 0.394 e. The molecule has 0 aliphatic carbocycles. The van der Waals surface area contributed by atoms with E-state index in [4.69, 9.17) is 14.9 Å². The van der Waals surface area contributed by atoms with Crippen molar-refractivity contribution in [2.75, 3.05) is 32.9 Å². The fourth-order valence-electron chi connectivity index (χ4n) is 0.826. The van der Waals surface area contributed by atoms with E-state index in [0.717, 1.165) is 26.0 Å². The molecule has 0 bridgehead atoms. The summed E-state index contributed by atoms with van der Waals surface area (Å²) in [4.78, 5) is 0. The second kappa shape index (κ2) is 9.92. The predicted octanol–water partition coefficient (Wildman–Crippen LogP) is -0.254. The van der Waals surface area contributed by atoms with Crippen LogP contribution in [0.3, 0.4) is 0 Å². The van der Waals surface area contributed by atoms with Crippen LogP contribution in [0.25, 0.3) is 0 Å². The summed E-state index contributed by atoms with van der Waals surface area (Å²) in [6.07, 6.45) is 1.59. The molecule has 0 amide bonds. The van der Waals surface area contributed by atoms with E-state index in [0.29, 0.717) is 13.2 Å². The summed E-state index contributed by atoms with van der Waals surface area (Å²) < 4.78 is 5.28. The van der Waals surface area contributed by atoms with Gasteiger partial charge in [-0.3, -0.25) is 0 Å². The smallest absolute Gasteiger partial charge is 0.0894 e. The second-order valence-electron chi connectivity index (χ2n) is 3.01. The lowest BCUT2D eigenvalue weighted by Crippen LogP contribution is -2.31. The number of hydrogen-bond acceptors (Lipinski definition) is 4. The zero-order valence-electron chi connectivity index (χ0n) is 8.33. The molecule has 0 aromatic carbocycles. The quantitative estimate of drug-likeness (QED) is 0.440. The summed E-state index contributed by atoms with van der Waals surface area (Å²) in [7, 11) is 0. The van der Waals surface area contributed by atoms with Crippen molar-refractivity contribution in [2.45, 2.75) is 25.9 Å². The zero-order valence-corrected chi connectivity index (χ0v) is 8.33. The lowest BCUT2D eigenvalue weighted by Gasteiger charge is -2.08. The van der Waals surface area contributed by atoms with Crippen molar-refractivity contribution < 1.29 is 14.9 Å². The summed E-state index contributed by atoms with van der Waals surface area (Å²) in [5.41, 5.74) is 0. The van der Waals surface area contributed by atoms with Crippen LogP contribution in [-0.2, 0) is 4.74 Å². The third-order valence-electron chi connectivity index (χ3n) is 1.66. The Labute approximate surface area is 79.9 Å². The van der Waals surface area contributed by atoms with Gasteiger partial charge in [-0.05, 0) is 6.42 Å². The van der Waals surface area contributed by atoms with E-state index in [1.807, 2.05) is 0 Å². The number of ether oxygens (including phenoxy) is 1. The van der Waals surface area contributed by atoms with Gasteiger partial charge in [0.25, 0.3) is 0 Å². The molecule has 0 fully saturated rings. The van der Waals surface area contributed by atoms with E-state index in [1.165, 1.54) is 0 Å². The Morgan fingerprint density at radius 2 is 2.15 bits per heavy atom. The zero-order chi connectivity index (χ0) is 9.94. The molecule has 0 spiro atoms. The van der Waals surface area contributed by atoms with Crippen molar-refractivity contribution in [1.82, 2.24) is 5.32 Å². The Hall–Kier alpha value is -0.160. The molecule has 4 heteroatoms. The highest BCUT2D eigenvalue weighted by Gasteiger charge is 1.98. The SMILES string of the molecule is CCCCOCCNC[C@H](O)CO. The average molecular weight is 191 g/mol. The van der Waals surface area contributed by atoms with Crippen LogP contribution in [0.4, 0.5) is 0 Å². The van der Waals surface area contributed by atoms with Crippen molar-refractivity contribution >= 4 is 0 Å². The van der Waals surface area contributed by atoms with Crippen LogP contribution in [-0.4, -0.2) is 49.2 Å². The van der Waals surface area contributed by atoms with Crippen LogP contribution in [0.2, 0.25) is 0 Å².